The van der Waals surface area contributed by atoms with E-state index in [9.17, 15) is 24.0 Å². The molecule has 1 saturated heterocycles. The van der Waals surface area contributed by atoms with Crippen molar-refractivity contribution in [2.75, 3.05) is 6.54 Å². The summed E-state index contributed by atoms with van der Waals surface area (Å²) < 4.78 is 0. The smallest absolute Gasteiger partial charge is 0.289 e. The topological polar surface area (TPSA) is 146 Å². The highest BCUT2D eigenvalue weighted by atomic mass is 35.5. The molecule has 268 valence electrons. The Bertz CT molecular complexity index is 1480. The molecular formula is C37H52ClN5O6. The number of nitrogens with one attached hydrogen (secondary N) is 3. The number of rotatable bonds is 12. The van der Waals surface area contributed by atoms with Gasteiger partial charge in [-0.1, -0.05) is 76.2 Å². The molecule has 0 bridgehead atoms. The van der Waals surface area contributed by atoms with Crippen molar-refractivity contribution in [2.24, 2.45) is 16.5 Å². The number of halogens is 1. The first-order valence-corrected chi connectivity index (χ1v) is 18.3. The van der Waals surface area contributed by atoms with Crippen LogP contribution in [0.4, 0.5) is 0 Å². The van der Waals surface area contributed by atoms with Crippen LogP contribution >= 0.6 is 11.6 Å². The summed E-state index contributed by atoms with van der Waals surface area (Å²) >= 11 is 6.27. The highest BCUT2D eigenvalue weighted by molar-refractivity contribution is 6.38. The Morgan fingerprint density at radius 2 is 1.78 bits per heavy atom. The van der Waals surface area contributed by atoms with E-state index in [0.717, 1.165) is 49.7 Å². The van der Waals surface area contributed by atoms with Gasteiger partial charge in [0.25, 0.3) is 5.91 Å². The van der Waals surface area contributed by atoms with Gasteiger partial charge in [-0.25, -0.2) is 0 Å². The van der Waals surface area contributed by atoms with Gasteiger partial charge >= 0.3 is 0 Å². The Morgan fingerprint density at radius 3 is 2.41 bits per heavy atom. The van der Waals surface area contributed by atoms with Gasteiger partial charge in [-0.15, -0.1) is 0 Å². The van der Waals surface area contributed by atoms with E-state index in [-0.39, 0.29) is 31.3 Å². The maximum Gasteiger partial charge on any atom is 0.289 e. The first-order valence-electron chi connectivity index (χ1n) is 18.0. The Labute approximate surface area is 294 Å². The summed E-state index contributed by atoms with van der Waals surface area (Å²) in [7, 11) is 0. The Kier molecular flexibility index (Phi) is 11.4. The van der Waals surface area contributed by atoms with E-state index < -0.39 is 52.6 Å². The van der Waals surface area contributed by atoms with Gasteiger partial charge in [0.1, 0.15) is 12.1 Å². The maximum absolute atomic E-state index is 14.6. The predicted octanol–water partition coefficient (Wildman–Crippen LogP) is 4.75. The van der Waals surface area contributed by atoms with Crippen LogP contribution in [0.2, 0.25) is 5.02 Å². The van der Waals surface area contributed by atoms with E-state index in [0.29, 0.717) is 35.9 Å². The standard InChI is InChI=1S/C37H52ClN5O6/c1-6-10-27(31(45)34(47)39-25-14-15-25)40-33(46)29-20-37(19-28(42-49-37)24-13-16-26(38)22(2)17-24)21-43(29)35(48)32(36(3,4)5)41-30(44)18-23-11-8-7-9-12-23/h13,16-17,23,25,27,29,32H,6-12,14-15,18-21H2,1-5H3,(H,39,47)(H,40,46)(H,41,44)/t27-,29-,32+,37+/m0/s1. The fraction of sp³-hybridized carbons (Fsp3) is 0.676. The molecule has 1 spiro atoms. The molecule has 4 atom stereocenters. The number of Topliss-reactive ketones (excluding diaryl/α,β-unsaturated/α-hetero) is 1. The van der Waals surface area contributed by atoms with Gasteiger partial charge in [0.15, 0.2) is 5.60 Å². The van der Waals surface area contributed by atoms with Crippen molar-refractivity contribution in [3.05, 3.63) is 34.3 Å². The van der Waals surface area contributed by atoms with Gasteiger partial charge in [0, 0.05) is 30.3 Å². The van der Waals surface area contributed by atoms with Gasteiger partial charge in [-0.3, -0.25) is 24.0 Å². The van der Waals surface area contributed by atoms with Crippen LogP contribution in [0.15, 0.2) is 23.4 Å². The second-order valence-electron chi connectivity index (χ2n) is 15.7. The van der Waals surface area contributed by atoms with Crippen molar-refractivity contribution in [3.8, 4) is 0 Å². The van der Waals surface area contributed by atoms with Crippen molar-refractivity contribution < 1.29 is 28.8 Å². The second-order valence-corrected chi connectivity index (χ2v) is 16.1. The molecule has 12 heteroatoms. The minimum absolute atomic E-state index is 0.00183. The quantitative estimate of drug-likeness (QED) is 0.269. The number of aryl methyl sites for hydroxylation is 1. The highest BCUT2D eigenvalue weighted by Gasteiger charge is 2.55. The number of oxime groups is 1. The van der Waals surface area contributed by atoms with Gasteiger partial charge in [0.05, 0.1) is 18.3 Å². The molecule has 0 aromatic heterocycles. The third kappa shape index (κ3) is 9.01. The lowest BCUT2D eigenvalue weighted by Crippen LogP contribution is -2.59. The lowest BCUT2D eigenvalue weighted by Gasteiger charge is -2.36. The number of benzene rings is 1. The molecule has 3 fully saturated rings. The molecule has 0 radical (unpaired) electrons. The molecule has 49 heavy (non-hydrogen) atoms. The monoisotopic (exact) mass is 697 g/mol. The van der Waals surface area contributed by atoms with E-state index in [4.69, 9.17) is 16.4 Å². The highest BCUT2D eigenvalue weighted by Crippen LogP contribution is 2.40. The van der Waals surface area contributed by atoms with E-state index in [1.165, 1.54) is 11.3 Å². The zero-order valence-corrected chi connectivity index (χ0v) is 30.3. The fourth-order valence-corrected chi connectivity index (χ4v) is 7.38. The first kappa shape index (κ1) is 36.8. The van der Waals surface area contributed by atoms with Crippen molar-refractivity contribution >= 4 is 46.7 Å². The molecule has 4 aliphatic rings. The molecule has 2 aliphatic heterocycles. The average Bonchev–Trinajstić information content (AvgIpc) is 3.65. The molecule has 1 aromatic carbocycles. The number of hydrogen-bond donors (Lipinski definition) is 3. The van der Waals surface area contributed by atoms with Crippen LogP contribution in [0.3, 0.4) is 0 Å². The number of carbonyl (C=O) groups is 5. The molecule has 2 heterocycles. The fourth-order valence-electron chi connectivity index (χ4n) is 7.26. The molecule has 5 rings (SSSR count). The maximum atomic E-state index is 14.6. The summed E-state index contributed by atoms with van der Waals surface area (Å²) in [5.41, 5.74) is 0.733. The van der Waals surface area contributed by atoms with Crippen molar-refractivity contribution in [1.29, 1.82) is 0 Å². The molecule has 2 saturated carbocycles. The Morgan fingerprint density at radius 1 is 1.06 bits per heavy atom. The number of ketones is 1. The summed E-state index contributed by atoms with van der Waals surface area (Å²) in [6.45, 7) is 9.51. The van der Waals surface area contributed by atoms with Gasteiger partial charge in [0.2, 0.25) is 23.5 Å². The van der Waals surface area contributed by atoms with Crippen molar-refractivity contribution in [1.82, 2.24) is 20.9 Å². The summed E-state index contributed by atoms with van der Waals surface area (Å²) in [5, 5.41) is 13.6. The third-order valence-electron chi connectivity index (χ3n) is 10.3. The molecular weight excluding hydrogens is 646 g/mol. The van der Waals surface area contributed by atoms with E-state index >= 15 is 0 Å². The SMILES string of the molecule is CCC[C@H](NC(=O)[C@@H]1C[C@]2(CC(c3ccc(Cl)c(C)c3)=NO2)CN1C(=O)[C@@H](NC(=O)CC1CCCCC1)C(C)(C)C)C(=O)C(=O)NC1CC1. The van der Waals surface area contributed by atoms with Crippen LogP contribution in [-0.4, -0.2) is 76.3 Å². The molecule has 3 N–H and O–H groups in total. The normalized spacial score (nSPS) is 23.8. The summed E-state index contributed by atoms with van der Waals surface area (Å²) in [6, 6.07) is 2.62. The number of likely N-dealkylation sites (tertiary alicyclic amines) is 1. The van der Waals surface area contributed by atoms with E-state index in [2.05, 4.69) is 21.1 Å². The van der Waals surface area contributed by atoms with Crippen molar-refractivity contribution in [2.45, 2.75) is 141 Å². The number of hydrogen-bond acceptors (Lipinski definition) is 7. The lowest BCUT2D eigenvalue weighted by molar-refractivity contribution is -0.145. The van der Waals surface area contributed by atoms with E-state index in [1.54, 1.807) is 6.07 Å². The van der Waals surface area contributed by atoms with Gasteiger partial charge in [-0.05, 0) is 73.6 Å². The first-order chi connectivity index (χ1) is 23.2. The van der Waals surface area contributed by atoms with Gasteiger partial charge in [-0.2, -0.15) is 0 Å². The summed E-state index contributed by atoms with van der Waals surface area (Å²) in [6.07, 6.45) is 8.72. The summed E-state index contributed by atoms with van der Waals surface area (Å²) in [5.74, 6) is -2.23. The molecule has 1 aromatic rings. The molecule has 2 aliphatic carbocycles. The molecule has 0 unspecified atom stereocenters. The third-order valence-corrected chi connectivity index (χ3v) is 10.7. The number of carbonyl (C=O) groups excluding carboxylic acids is 5. The largest absolute Gasteiger partial charge is 0.387 e. The summed E-state index contributed by atoms with van der Waals surface area (Å²) in [4.78, 5) is 75.5. The molecule has 4 amide bonds. The molecule has 11 nitrogen and oxygen atoms in total. The van der Waals surface area contributed by atoms with Crippen LogP contribution in [0.1, 0.15) is 116 Å². The average molecular weight is 698 g/mol. The van der Waals surface area contributed by atoms with Crippen LogP contribution < -0.4 is 16.0 Å². The minimum atomic E-state index is -1.04. The lowest BCUT2D eigenvalue weighted by atomic mass is 9.84. The minimum Gasteiger partial charge on any atom is -0.387 e. The van der Waals surface area contributed by atoms with Crippen molar-refractivity contribution in [3.63, 3.8) is 0 Å². The zero-order chi connectivity index (χ0) is 35.5. The van der Waals surface area contributed by atoms with Gasteiger partial charge < -0.3 is 25.7 Å². The Balaban J connectivity index is 1.39. The zero-order valence-electron chi connectivity index (χ0n) is 29.5. The van der Waals surface area contributed by atoms with Crippen LogP contribution in [0.5, 0.6) is 0 Å². The predicted molar refractivity (Wildman–Crippen MR) is 187 cm³/mol. The second kappa shape index (κ2) is 15.2. The van der Waals surface area contributed by atoms with Crippen LogP contribution in [0.25, 0.3) is 0 Å². The van der Waals surface area contributed by atoms with E-state index in [1.807, 2.05) is 46.8 Å². The van der Waals surface area contributed by atoms with Crippen LogP contribution in [-0.2, 0) is 28.8 Å². The number of amides is 4. The Hall–Kier alpha value is -3.47. The number of nitrogens with zero attached hydrogens (tertiary/aromatic N) is 2. The van der Waals surface area contributed by atoms with Crippen LogP contribution in [0, 0.1) is 18.3 Å².